The zero-order valence-corrected chi connectivity index (χ0v) is 11.9. The number of thiocarbonyl (C=S) groups is 1. The van der Waals surface area contributed by atoms with Crippen molar-refractivity contribution < 1.29 is 8.42 Å². The Hall–Kier alpha value is -0.530. The molecule has 1 aliphatic carbocycles. The maximum absolute atomic E-state index is 11.5. The molecule has 0 radical (unpaired) electrons. The summed E-state index contributed by atoms with van der Waals surface area (Å²) in [4.78, 5) is 5.52. The molecule has 0 saturated heterocycles. The van der Waals surface area contributed by atoms with Crippen LogP contribution in [0.1, 0.15) is 41.3 Å². The number of hydrogen-bond donors (Lipinski definition) is 1. The molecule has 1 heterocycles. The fourth-order valence-electron chi connectivity index (χ4n) is 1.54. The number of hydrogen-bond acceptors (Lipinski definition) is 5. The lowest BCUT2D eigenvalue weighted by molar-refractivity contribution is 0.596. The fraction of sp³-hybridized carbons (Fsp3) is 0.600. The first-order valence-corrected chi connectivity index (χ1v) is 8.47. The summed E-state index contributed by atoms with van der Waals surface area (Å²) in [6, 6.07) is 0. The van der Waals surface area contributed by atoms with Gasteiger partial charge in [-0.15, -0.1) is 11.3 Å². The van der Waals surface area contributed by atoms with Gasteiger partial charge in [-0.3, -0.25) is 0 Å². The molecule has 94 valence electrons. The van der Waals surface area contributed by atoms with Crippen molar-refractivity contribution in [2.24, 2.45) is 5.73 Å². The van der Waals surface area contributed by atoms with E-state index in [1.807, 2.05) is 0 Å². The molecule has 0 spiro atoms. The molecule has 2 rings (SSSR count). The number of thiazole rings is 1. The Balaban J connectivity index is 2.31. The minimum atomic E-state index is -3.04. The summed E-state index contributed by atoms with van der Waals surface area (Å²) in [5, 5.41) is 0.608. The number of nitrogens with zero attached hydrogens (tertiary/aromatic N) is 1. The first kappa shape index (κ1) is 12.9. The van der Waals surface area contributed by atoms with Gasteiger partial charge in [0.05, 0.1) is 10.6 Å². The zero-order chi connectivity index (χ0) is 12.6. The molecule has 0 unspecified atom stereocenters. The van der Waals surface area contributed by atoms with Gasteiger partial charge in [-0.1, -0.05) is 19.1 Å². The van der Waals surface area contributed by atoms with Crippen LogP contribution in [0.5, 0.6) is 0 Å². The molecule has 17 heavy (non-hydrogen) atoms. The Kier molecular flexibility index (Phi) is 3.51. The maximum Gasteiger partial charge on any atom is 0.156 e. The molecule has 7 heteroatoms. The number of aromatic nitrogens is 1. The first-order chi connectivity index (χ1) is 7.93. The summed E-state index contributed by atoms with van der Waals surface area (Å²) in [7, 11) is -3.04. The normalized spacial score (nSPS) is 16.1. The van der Waals surface area contributed by atoms with Crippen LogP contribution >= 0.6 is 23.6 Å². The molecular formula is C10H14N2O2S3. The number of rotatable bonds is 5. The SMILES string of the molecule is CCS(=O)(=O)Cc1nc(C2CC2)c(C(N)=S)s1. The summed E-state index contributed by atoms with van der Waals surface area (Å²) in [5.74, 6) is 0.561. The van der Waals surface area contributed by atoms with Crippen molar-refractivity contribution >= 4 is 38.4 Å². The Morgan fingerprint density at radius 2 is 2.24 bits per heavy atom. The molecule has 1 saturated carbocycles. The second-order valence-corrected chi connectivity index (χ2v) is 8.01. The highest BCUT2D eigenvalue weighted by Gasteiger charge is 2.31. The van der Waals surface area contributed by atoms with E-state index in [1.165, 1.54) is 11.3 Å². The summed E-state index contributed by atoms with van der Waals surface area (Å²) in [6.07, 6.45) is 2.19. The molecule has 0 atom stereocenters. The van der Waals surface area contributed by atoms with E-state index >= 15 is 0 Å². The van der Waals surface area contributed by atoms with Crippen molar-refractivity contribution in [1.82, 2.24) is 4.98 Å². The molecule has 0 bridgehead atoms. The molecule has 0 aliphatic heterocycles. The molecule has 1 aromatic rings. The molecule has 0 amide bonds. The predicted molar refractivity (Wildman–Crippen MR) is 73.1 cm³/mol. The van der Waals surface area contributed by atoms with Crippen LogP contribution in [-0.4, -0.2) is 24.1 Å². The van der Waals surface area contributed by atoms with Crippen LogP contribution in [0.3, 0.4) is 0 Å². The molecule has 0 aromatic carbocycles. The lowest BCUT2D eigenvalue weighted by atomic mass is 10.2. The van der Waals surface area contributed by atoms with Gasteiger partial charge in [0.2, 0.25) is 0 Å². The Morgan fingerprint density at radius 3 is 2.71 bits per heavy atom. The molecule has 4 nitrogen and oxygen atoms in total. The predicted octanol–water partition coefficient (Wildman–Crippen LogP) is 1.59. The second kappa shape index (κ2) is 4.62. The third kappa shape index (κ3) is 3.02. The van der Waals surface area contributed by atoms with Crippen molar-refractivity contribution in [2.45, 2.75) is 31.4 Å². The zero-order valence-electron chi connectivity index (χ0n) is 9.47. The van der Waals surface area contributed by atoms with Crippen LogP contribution < -0.4 is 5.73 Å². The van der Waals surface area contributed by atoms with Gasteiger partial charge in [0, 0.05) is 11.7 Å². The van der Waals surface area contributed by atoms with Crippen LogP contribution in [-0.2, 0) is 15.6 Å². The van der Waals surface area contributed by atoms with E-state index in [0.717, 1.165) is 23.4 Å². The van der Waals surface area contributed by atoms with E-state index < -0.39 is 9.84 Å². The molecule has 1 aromatic heterocycles. The summed E-state index contributed by atoms with van der Waals surface area (Å²) in [5.41, 5.74) is 6.55. The minimum Gasteiger partial charge on any atom is -0.389 e. The highest BCUT2D eigenvalue weighted by Crippen LogP contribution is 2.42. The third-order valence-electron chi connectivity index (χ3n) is 2.67. The van der Waals surface area contributed by atoms with Gasteiger partial charge in [-0.2, -0.15) is 0 Å². The quantitative estimate of drug-likeness (QED) is 0.834. The van der Waals surface area contributed by atoms with Crippen LogP contribution in [0.15, 0.2) is 0 Å². The van der Waals surface area contributed by atoms with E-state index in [4.69, 9.17) is 18.0 Å². The minimum absolute atomic E-state index is 0.00347. The number of sulfone groups is 1. The fourth-order valence-corrected chi connectivity index (χ4v) is 3.99. The van der Waals surface area contributed by atoms with Crippen molar-refractivity contribution in [3.05, 3.63) is 15.6 Å². The van der Waals surface area contributed by atoms with Gasteiger partial charge in [-0.25, -0.2) is 13.4 Å². The van der Waals surface area contributed by atoms with Crippen LogP contribution in [0.25, 0.3) is 0 Å². The van der Waals surface area contributed by atoms with Crippen LogP contribution in [0, 0.1) is 0 Å². The first-order valence-electron chi connectivity index (χ1n) is 5.42. The summed E-state index contributed by atoms with van der Waals surface area (Å²) < 4.78 is 23.1. The average molecular weight is 290 g/mol. The Bertz CT molecular complexity index is 544. The highest BCUT2D eigenvalue weighted by molar-refractivity contribution is 7.90. The van der Waals surface area contributed by atoms with E-state index in [2.05, 4.69) is 4.98 Å². The molecular weight excluding hydrogens is 276 g/mol. The van der Waals surface area contributed by atoms with Crippen molar-refractivity contribution in [1.29, 1.82) is 0 Å². The van der Waals surface area contributed by atoms with Crippen molar-refractivity contribution in [3.8, 4) is 0 Å². The highest BCUT2D eigenvalue weighted by atomic mass is 32.2. The summed E-state index contributed by atoms with van der Waals surface area (Å²) in [6.45, 7) is 1.64. The molecule has 1 fully saturated rings. The van der Waals surface area contributed by atoms with Crippen LogP contribution in [0.2, 0.25) is 0 Å². The van der Waals surface area contributed by atoms with Gasteiger partial charge in [0.25, 0.3) is 0 Å². The van der Waals surface area contributed by atoms with Gasteiger partial charge in [0.15, 0.2) is 9.84 Å². The van der Waals surface area contributed by atoms with E-state index in [-0.39, 0.29) is 11.5 Å². The topological polar surface area (TPSA) is 73.0 Å². The van der Waals surface area contributed by atoms with E-state index in [9.17, 15) is 8.42 Å². The lowest BCUT2D eigenvalue weighted by Gasteiger charge is -1.95. The van der Waals surface area contributed by atoms with Gasteiger partial charge in [0.1, 0.15) is 15.7 Å². The van der Waals surface area contributed by atoms with Crippen molar-refractivity contribution in [3.63, 3.8) is 0 Å². The van der Waals surface area contributed by atoms with Crippen LogP contribution in [0.4, 0.5) is 0 Å². The maximum atomic E-state index is 11.5. The van der Waals surface area contributed by atoms with Gasteiger partial charge in [-0.05, 0) is 12.8 Å². The van der Waals surface area contributed by atoms with Gasteiger partial charge >= 0.3 is 0 Å². The average Bonchev–Trinajstić information content (AvgIpc) is 3.00. The third-order valence-corrected chi connectivity index (χ3v) is 5.88. The van der Waals surface area contributed by atoms with Crippen molar-refractivity contribution in [2.75, 3.05) is 5.75 Å². The van der Waals surface area contributed by atoms with Gasteiger partial charge < -0.3 is 5.73 Å². The Labute approximate surface area is 110 Å². The Morgan fingerprint density at radius 1 is 1.59 bits per heavy atom. The lowest BCUT2D eigenvalue weighted by Crippen LogP contribution is -2.09. The van der Waals surface area contributed by atoms with E-state index in [0.29, 0.717) is 15.9 Å². The smallest absolute Gasteiger partial charge is 0.156 e. The molecule has 1 aliphatic rings. The second-order valence-electron chi connectivity index (χ2n) is 4.14. The molecule has 2 N–H and O–H groups in total. The van der Waals surface area contributed by atoms with E-state index in [1.54, 1.807) is 6.92 Å². The summed E-state index contributed by atoms with van der Waals surface area (Å²) >= 11 is 6.30. The monoisotopic (exact) mass is 290 g/mol. The number of nitrogens with two attached hydrogens (primary N) is 1. The standard InChI is InChI=1S/C10H14N2O2S3/c1-2-17(13,14)5-7-12-8(6-3-4-6)9(16-7)10(11)15/h6H,2-5H2,1H3,(H2,11,15). The largest absolute Gasteiger partial charge is 0.389 e.